The molecule has 3 aromatic rings. The van der Waals surface area contributed by atoms with E-state index in [0.717, 1.165) is 22.2 Å². The van der Waals surface area contributed by atoms with Crippen LogP contribution in [0.5, 0.6) is 0 Å². The lowest BCUT2D eigenvalue weighted by atomic mass is 10.0. The molecule has 23 heavy (non-hydrogen) atoms. The molecule has 5 heteroatoms. The summed E-state index contributed by atoms with van der Waals surface area (Å²) in [6.45, 7) is 5.28. The minimum absolute atomic E-state index is 0.602. The summed E-state index contributed by atoms with van der Waals surface area (Å²) in [5.74, 6) is -0.313. The normalized spacial score (nSPS) is 11.8. The summed E-state index contributed by atoms with van der Waals surface area (Å²) >= 11 is 0. The van der Waals surface area contributed by atoms with E-state index in [-0.39, 0.29) is 0 Å². The van der Waals surface area contributed by atoms with Crippen LogP contribution in [-0.2, 0) is 10.3 Å². The smallest absolute Gasteiger partial charge is 0.329 e. The first-order chi connectivity index (χ1) is 10.8. The number of carbonyl (C=O) groups is 1. The van der Waals surface area contributed by atoms with Gasteiger partial charge in [0.05, 0.1) is 11.0 Å². The Bertz CT molecular complexity index is 910. The van der Waals surface area contributed by atoms with Crippen LogP contribution in [0.1, 0.15) is 19.4 Å². The summed E-state index contributed by atoms with van der Waals surface area (Å²) in [6, 6.07) is 13.2. The van der Waals surface area contributed by atoms with Gasteiger partial charge >= 0.3 is 5.97 Å². The van der Waals surface area contributed by atoms with Crippen molar-refractivity contribution in [2.24, 2.45) is 0 Å². The Morgan fingerprint density at radius 2 is 1.91 bits per heavy atom. The van der Waals surface area contributed by atoms with Gasteiger partial charge in [0.1, 0.15) is 11.4 Å². The minimum atomic E-state index is -1.13. The maximum Gasteiger partial charge on any atom is 0.329 e. The van der Waals surface area contributed by atoms with Crippen molar-refractivity contribution in [3.8, 4) is 11.4 Å². The molecule has 3 N–H and O–H groups in total. The molecule has 5 nitrogen and oxygen atoms in total. The molecule has 0 aliphatic carbocycles. The fourth-order valence-corrected chi connectivity index (χ4v) is 2.66. The lowest BCUT2D eigenvalue weighted by Crippen LogP contribution is -2.36. The van der Waals surface area contributed by atoms with Crippen molar-refractivity contribution in [2.75, 3.05) is 5.73 Å². The molecule has 2 aromatic carbocycles. The number of nitrogens with zero attached hydrogens (tertiary/aromatic N) is 2. The number of benzene rings is 2. The summed E-state index contributed by atoms with van der Waals surface area (Å²) in [6.07, 6.45) is 0. The van der Waals surface area contributed by atoms with Crippen LogP contribution in [0.3, 0.4) is 0 Å². The van der Waals surface area contributed by atoms with Crippen LogP contribution in [0.4, 0.5) is 5.69 Å². The number of aryl methyl sites for hydroxylation is 1. The zero-order chi connectivity index (χ0) is 16.8. The molecule has 1 heterocycles. The van der Waals surface area contributed by atoms with Crippen LogP contribution < -0.4 is 5.73 Å². The zero-order valence-electron chi connectivity index (χ0n) is 13.4. The Kier molecular flexibility index (Phi) is 3.36. The van der Waals surface area contributed by atoms with Gasteiger partial charge in [-0.05, 0) is 44.5 Å². The molecule has 0 atom stereocenters. The van der Waals surface area contributed by atoms with E-state index < -0.39 is 11.5 Å². The molecule has 3 rings (SSSR count). The van der Waals surface area contributed by atoms with Gasteiger partial charge in [0.15, 0.2) is 0 Å². The fraction of sp³-hybridized carbons (Fsp3) is 0.222. The molecule has 0 unspecified atom stereocenters. The highest BCUT2D eigenvalue weighted by atomic mass is 16.4. The Morgan fingerprint density at radius 3 is 2.57 bits per heavy atom. The van der Waals surface area contributed by atoms with Gasteiger partial charge in [0.25, 0.3) is 0 Å². The monoisotopic (exact) mass is 309 g/mol. The Labute approximate surface area is 134 Å². The third-order valence-electron chi connectivity index (χ3n) is 4.18. The van der Waals surface area contributed by atoms with Crippen molar-refractivity contribution in [1.82, 2.24) is 9.55 Å². The van der Waals surface area contributed by atoms with Crippen molar-refractivity contribution >= 4 is 22.7 Å². The van der Waals surface area contributed by atoms with E-state index in [1.165, 1.54) is 0 Å². The van der Waals surface area contributed by atoms with Crippen LogP contribution in [0.2, 0.25) is 0 Å². The number of imidazole rings is 1. The molecule has 0 aliphatic heterocycles. The number of aliphatic carboxylic acids is 1. The number of hydrogen-bond acceptors (Lipinski definition) is 3. The minimum Gasteiger partial charge on any atom is -0.480 e. The van der Waals surface area contributed by atoms with Crippen LogP contribution >= 0.6 is 0 Å². The molecular weight excluding hydrogens is 290 g/mol. The number of rotatable bonds is 3. The second kappa shape index (κ2) is 5.12. The molecule has 0 aliphatic rings. The molecule has 0 fully saturated rings. The number of carboxylic acid groups (broad SMARTS) is 1. The predicted octanol–water partition coefficient (Wildman–Crippen LogP) is 3.41. The summed E-state index contributed by atoms with van der Waals surface area (Å²) in [4.78, 5) is 16.4. The molecule has 0 amide bonds. The third-order valence-corrected chi connectivity index (χ3v) is 4.18. The second-order valence-corrected chi connectivity index (χ2v) is 6.20. The quantitative estimate of drug-likeness (QED) is 0.726. The van der Waals surface area contributed by atoms with Crippen molar-refractivity contribution in [1.29, 1.82) is 0 Å². The molecule has 0 saturated heterocycles. The van der Waals surface area contributed by atoms with Crippen LogP contribution in [0.25, 0.3) is 22.4 Å². The predicted molar refractivity (Wildman–Crippen MR) is 91.3 cm³/mol. The first-order valence-corrected chi connectivity index (χ1v) is 7.40. The fourth-order valence-electron chi connectivity index (χ4n) is 2.66. The lowest BCUT2D eigenvalue weighted by molar-refractivity contribution is -0.145. The van der Waals surface area contributed by atoms with Gasteiger partial charge in [0, 0.05) is 11.3 Å². The van der Waals surface area contributed by atoms with Crippen LogP contribution in [0, 0.1) is 6.92 Å². The van der Waals surface area contributed by atoms with E-state index in [2.05, 4.69) is 4.98 Å². The molecule has 0 bridgehead atoms. The van der Waals surface area contributed by atoms with Gasteiger partial charge in [-0.1, -0.05) is 24.3 Å². The highest BCUT2D eigenvalue weighted by molar-refractivity contribution is 5.86. The molecule has 118 valence electrons. The number of nitrogens with two attached hydrogens (primary N) is 1. The number of aromatic nitrogens is 2. The molecule has 0 spiro atoms. The SMILES string of the molecule is Cc1ccc(-c2nc3ccccc3n2C(C)(C)C(=O)O)cc1N. The number of para-hydroxylation sites is 2. The second-order valence-electron chi connectivity index (χ2n) is 6.20. The van der Waals surface area contributed by atoms with E-state index in [0.29, 0.717) is 11.5 Å². The van der Waals surface area contributed by atoms with E-state index in [4.69, 9.17) is 5.73 Å². The Morgan fingerprint density at radius 1 is 1.22 bits per heavy atom. The van der Waals surface area contributed by atoms with Crippen LogP contribution in [0.15, 0.2) is 42.5 Å². The maximum absolute atomic E-state index is 11.8. The van der Waals surface area contributed by atoms with Gasteiger partial charge < -0.3 is 15.4 Å². The van der Waals surface area contributed by atoms with Gasteiger partial charge in [-0.2, -0.15) is 0 Å². The summed E-state index contributed by atoms with van der Waals surface area (Å²) in [5.41, 5.74) is 8.88. The lowest BCUT2D eigenvalue weighted by Gasteiger charge is -2.25. The largest absolute Gasteiger partial charge is 0.480 e. The van der Waals surface area contributed by atoms with Gasteiger partial charge in [0.2, 0.25) is 0 Å². The number of nitrogen functional groups attached to an aromatic ring is 1. The average molecular weight is 309 g/mol. The van der Waals surface area contributed by atoms with Crippen molar-refractivity contribution in [2.45, 2.75) is 26.3 Å². The van der Waals surface area contributed by atoms with Gasteiger partial charge in [-0.25, -0.2) is 9.78 Å². The summed E-state index contributed by atoms with van der Waals surface area (Å²) < 4.78 is 1.76. The van der Waals surface area contributed by atoms with Crippen molar-refractivity contribution in [3.05, 3.63) is 48.0 Å². The number of fused-ring (bicyclic) bond motifs is 1. The van der Waals surface area contributed by atoms with E-state index in [1.54, 1.807) is 18.4 Å². The summed E-state index contributed by atoms with van der Waals surface area (Å²) in [5, 5.41) is 9.67. The van der Waals surface area contributed by atoms with Gasteiger partial charge in [-0.15, -0.1) is 0 Å². The number of anilines is 1. The standard InChI is InChI=1S/C18H19N3O2/c1-11-8-9-12(10-13(11)19)16-20-14-6-4-5-7-15(14)21(16)18(2,3)17(22)23/h4-10H,19H2,1-3H3,(H,22,23). The van der Waals surface area contributed by atoms with E-state index in [9.17, 15) is 9.90 Å². The molecule has 1 aromatic heterocycles. The van der Waals surface area contributed by atoms with Gasteiger partial charge in [-0.3, -0.25) is 0 Å². The van der Waals surface area contributed by atoms with Crippen LogP contribution in [-0.4, -0.2) is 20.6 Å². The highest BCUT2D eigenvalue weighted by Gasteiger charge is 2.33. The Balaban J connectivity index is 2.36. The zero-order valence-corrected chi connectivity index (χ0v) is 13.4. The molecule has 0 saturated carbocycles. The Hall–Kier alpha value is -2.82. The van der Waals surface area contributed by atoms with E-state index >= 15 is 0 Å². The molecular formula is C18H19N3O2. The third kappa shape index (κ3) is 2.34. The molecule has 0 radical (unpaired) electrons. The number of carboxylic acids is 1. The van der Waals surface area contributed by atoms with Crippen molar-refractivity contribution < 1.29 is 9.90 Å². The number of hydrogen-bond donors (Lipinski definition) is 2. The topological polar surface area (TPSA) is 81.1 Å². The van der Waals surface area contributed by atoms with Crippen molar-refractivity contribution in [3.63, 3.8) is 0 Å². The first kappa shape index (κ1) is 15.1. The maximum atomic E-state index is 11.8. The van der Waals surface area contributed by atoms with E-state index in [1.807, 2.05) is 49.4 Å². The average Bonchev–Trinajstić information content (AvgIpc) is 2.89. The highest BCUT2D eigenvalue weighted by Crippen LogP contribution is 2.32. The summed E-state index contributed by atoms with van der Waals surface area (Å²) in [7, 11) is 0. The first-order valence-electron chi connectivity index (χ1n) is 7.40.